The van der Waals surface area contributed by atoms with Gasteiger partial charge < -0.3 is 4.90 Å². The lowest BCUT2D eigenvalue weighted by Gasteiger charge is -2.50. The number of nitrogens with zero attached hydrogens (tertiary/aromatic N) is 1. The van der Waals surface area contributed by atoms with E-state index in [4.69, 9.17) is 0 Å². The van der Waals surface area contributed by atoms with Gasteiger partial charge in [0, 0.05) is 17.1 Å². The summed E-state index contributed by atoms with van der Waals surface area (Å²) in [4.78, 5) is 2.40. The van der Waals surface area contributed by atoms with Gasteiger partial charge in [-0.3, -0.25) is 0 Å². The maximum Gasteiger partial charge on any atom is 0.0720 e. The van der Waals surface area contributed by atoms with Crippen molar-refractivity contribution in [2.75, 3.05) is 4.90 Å². The number of hydrogen-bond donors (Lipinski definition) is 0. The summed E-state index contributed by atoms with van der Waals surface area (Å²) in [5.41, 5.74) is 15.3. The van der Waals surface area contributed by atoms with Crippen LogP contribution in [0.2, 0.25) is 0 Å². The molecular weight excluding hydrogens is 615 g/mol. The fraction of sp³-hybridized carbons (Fsp3) is 0.0400. The summed E-state index contributed by atoms with van der Waals surface area (Å²) in [6.07, 6.45) is 0. The van der Waals surface area contributed by atoms with Crippen LogP contribution < -0.4 is 4.90 Å². The highest BCUT2D eigenvalue weighted by atomic mass is 15.1. The fourth-order valence-electron chi connectivity index (χ4n) is 9.32. The molecule has 0 saturated heterocycles. The Morgan fingerprint density at radius 1 is 0.255 bits per heavy atom. The van der Waals surface area contributed by atoms with E-state index in [1.54, 1.807) is 0 Å². The molecule has 0 bridgehead atoms. The Morgan fingerprint density at radius 3 is 1.12 bits per heavy atom. The van der Waals surface area contributed by atoms with E-state index in [0.29, 0.717) is 0 Å². The van der Waals surface area contributed by atoms with Crippen molar-refractivity contribution in [1.29, 1.82) is 0 Å². The Morgan fingerprint density at radius 2 is 0.627 bits per heavy atom. The summed E-state index contributed by atoms with van der Waals surface area (Å²) in [6.45, 7) is 0. The van der Waals surface area contributed by atoms with Crippen LogP contribution in [0.3, 0.4) is 0 Å². The third kappa shape index (κ3) is 4.09. The lowest BCUT2D eigenvalue weighted by molar-refractivity contribution is 0.624. The van der Waals surface area contributed by atoms with E-state index in [1.807, 2.05) is 0 Å². The molecule has 0 unspecified atom stereocenters. The van der Waals surface area contributed by atoms with Gasteiger partial charge in [-0.25, -0.2) is 0 Å². The molecule has 240 valence electrons. The molecule has 1 spiro atoms. The molecule has 2 aliphatic rings. The molecule has 0 aromatic heterocycles. The van der Waals surface area contributed by atoms with Crippen LogP contribution >= 0.6 is 0 Å². The predicted molar refractivity (Wildman–Crippen MR) is 210 cm³/mol. The van der Waals surface area contributed by atoms with Crippen molar-refractivity contribution in [2.45, 2.75) is 10.8 Å². The zero-order valence-electron chi connectivity index (χ0n) is 28.2. The van der Waals surface area contributed by atoms with Crippen LogP contribution in [0, 0.1) is 0 Å². The van der Waals surface area contributed by atoms with E-state index in [-0.39, 0.29) is 0 Å². The first-order chi connectivity index (χ1) is 25.3. The third-order valence-corrected chi connectivity index (χ3v) is 11.2. The number of hydrogen-bond acceptors (Lipinski definition) is 1. The molecule has 0 heterocycles. The Bertz CT molecular complexity index is 2390. The highest BCUT2D eigenvalue weighted by Gasteiger charge is 2.56. The molecular formula is C50H35N. The van der Waals surface area contributed by atoms with Gasteiger partial charge in [-0.2, -0.15) is 0 Å². The summed E-state index contributed by atoms with van der Waals surface area (Å²) in [5, 5.41) is 0. The summed E-state index contributed by atoms with van der Waals surface area (Å²) in [7, 11) is 0. The van der Waals surface area contributed by atoms with Gasteiger partial charge in [-0.15, -0.1) is 0 Å². The van der Waals surface area contributed by atoms with E-state index in [0.717, 1.165) is 17.1 Å². The lowest BCUT2D eigenvalue weighted by atomic mass is 9.51. The molecule has 51 heavy (non-hydrogen) atoms. The number of rotatable bonds is 5. The zero-order chi connectivity index (χ0) is 33.8. The van der Waals surface area contributed by atoms with Gasteiger partial charge in [0.05, 0.1) is 10.8 Å². The van der Waals surface area contributed by atoms with Gasteiger partial charge in [-0.1, -0.05) is 176 Å². The number of fused-ring (bicyclic) bond motifs is 9. The van der Waals surface area contributed by atoms with Crippen LogP contribution in [0.1, 0.15) is 44.5 Å². The van der Waals surface area contributed by atoms with Crippen molar-refractivity contribution in [3.8, 4) is 11.1 Å². The molecule has 10 rings (SSSR count). The highest BCUT2D eigenvalue weighted by molar-refractivity contribution is 5.90. The van der Waals surface area contributed by atoms with Crippen molar-refractivity contribution in [3.05, 3.63) is 257 Å². The van der Waals surface area contributed by atoms with Gasteiger partial charge in [0.2, 0.25) is 0 Å². The quantitative estimate of drug-likeness (QED) is 0.179. The highest BCUT2D eigenvalue weighted by Crippen LogP contribution is 2.65. The molecule has 0 atom stereocenters. The number of benzene rings is 8. The minimum absolute atomic E-state index is 0.540. The van der Waals surface area contributed by atoms with Gasteiger partial charge >= 0.3 is 0 Å². The first-order valence-electron chi connectivity index (χ1n) is 17.8. The molecule has 1 nitrogen and oxygen atoms in total. The average molecular weight is 650 g/mol. The first-order valence-corrected chi connectivity index (χ1v) is 17.8. The first kappa shape index (κ1) is 29.5. The monoisotopic (exact) mass is 649 g/mol. The second kappa shape index (κ2) is 11.6. The van der Waals surface area contributed by atoms with E-state index in [1.165, 1.54) is 55.6 Å². The summed E-state index contributed by atoms with van der Waals surface area (Å²) in [6, 6.07) is 78.5. The maximum atomic E-state index is 2.50. The van der Waals surface area contributed by atoms with Crippen LogP contribution in [-0.2, 0) is 10.8 Å². The minimum Gasteiger partial charge on any atom is -0.310 e. The Kier molecular flexibility index (Phi) is 6.69. The van der Waals surface area contributed by atoms with Crippen molar-refractivity contribution < 1.29 is 0 Å². The second-order valence-corrected chi connectivity index (χ2v) is 13.6. The fourth-order valence-corrected chi connectivity index (χ4v) is 9.32. The van der Waals surface area contributed by atoms with E-state index in [9.17, 15) is 0 Å². The van der Waals surface area contributed by atoms with Crippen LogP contribution in [-0.4, -0.2) is 0 Å². The number of para-hydroxylation sites is 2. The van der Waals surface area contributed by atoms with Gasteiger partial charge in [-0.05, 0) is 92.0 Å². The number of anilines is 3. The maximum absolute atomic E-state index is 2.50. The SMILES string of the molecule is c1ccc(N(c2ccccc2)c2ccc3c(c2)C2(c4ccccc4-c4ccccc42)c2ccccc2C3(c2ccccc2)c2ccccc2)cc1. The molecule has 8 aromatic carbocycles. The van der Waals surface area contributed by atoms with Gasteiger partial charge in [0.25, 0.3) is 0 Å². The Hall–Kier alpha value is -6.44. The molecule has 0 N–H and O–H groups in total. The van der Waals surface area contributed by atoms with Crippen LogP contribution in [0.15, 0.2) is 212 Å². The van der Waals surface area contributed by atoms with E-state index < -0.39 is 10.8 Å². The molecule has 0 fully saturated rings. The summed E-state index contributed by atoms with van der Waals surface area (Å²) < 4.78 is 0. The second-order valence-electron chi connectivity index (χ2n) is 13.6. The largest absolute Gasteiger partial charge is 0.310 e. The topological polar surface area (TPSA) is 3.24 Å². The lowest BCUT2D eigenvalue weighted by Crippen LogP contribution is -2.44. The molecule has 0 saturated carbocycles. The summed E-state index contributed by atoms with van der Waals surface area (Å²) >= 11 is 0. The van der Waals surface area contributed by atoms with E-state index in [2.05, 4.69) is 217 Å². The molecule has 8 aromatic rings. The molecule has 1 heteroatoms. The normalized spacial score (nSPS) is 14.2. The Balaban J connectivity index is 1.40. The van der Waals surface area contributed by atoms with Crippen molar-refractivity contribution >= 4 is 17.1 Å². The van der Waals surface area contributed by atoms with Crippen LogP contribution in [0.25, 0.3) is 11.1 Å². The Labute approximate surface area is 299 Å². The zero-order valence-corrected chi connectivity index (χ0v) is 28.2. The minimum atomic E-state index is -0.560. The summed E-state index contributed by atoms with van der Waals surface area (Å²) in [5.74, 6) is 0. The predicted octanol–water partition coefficient (Wildman–Crippen LogP) is 12.2. The average Bonchev–Trinajstić information content (AvgIpc) is 3.51. The molecule has 0 amide bonds. The van der Waals surface area contributed by atoms with Gasteiger partial charge in [0.1, 0.15) is 0 Å². The van der Waals surface area contributed by atoms with Crippen molar-refractivity contribution in [1.82, 2.24) is 0 Å². The standard InChI is InChI=1S/C50H35N/c1-5-19-36(20-6-1)49(37-21-7-2-8-22-37)45-31-17-18-32-46(45)50(43-29-15-13-27-41(43)42-28-14-16-30-44(42)50)48-35-40(33-34-47(48)49)51(38-23-9-3-10-24-38)39-25-11-4-12-26-39/h1-35H. The van der Waals surface area contributed by atoms with Crippen LogP contribution in [0.5, 0.6) is 0 Å². The van der Waals surface area contributed by atoms with Crippen LogP contribution in [0.4, 0.5) is 17.1 Å². The molecule has 0 aliphatic heterocycles. The van der Waals surface area contributed by atoms with Crippen molar-refractivity contribution in [3.63, 3.8) is 0 Å². The third-order valence-electron chi connectivity index (χ3n) is 11.2. The molecule has 2 aliphatic carbocycles. The van der Waals surface area contributed by atoms with Gasteiger partial charge in [0.15, 0.2) is 0 Å². The van der Waals surface area contributed by atoms with Crippen molar-refractivity contribution in [2.24, 2.45) is 0 Å². The van der Waals surface area contributed by atoms with E-state index >= 15 is 0 Å². The molecule has 0 radical (unpaired) electrons. The smallest absolute Gasteiger partial charge is 0.0720 e.